The smallest absolute Gasteiger partial charge is 0.340 e. The van der Waals surface area contributed by atoms with Crippen LogP contribution < -0.4 is 0 Å². The lowest BCUT2D eigenvalue weighted by molar-refractivity contribution is -0.251. The molecule has 0 amide bonds. The van der Waals surface area contributed by atoms with E-state index in [0.29, 0.717) is 12.0 Å². The van der Waals surface area contributed by atoms with E-state index in [9.17, 15) is 19.5 Å². The van der Waals surface area contributed by atoms with Crippen molar-refractivity contribution in [1.82, 2.24) is 9.97 Å². The van der Waals surface area contributed by atoms with E-state index >= 15 is 0 Å². The molecule has 2 aliphatic carbocycles. The molecular formula is C32H34N2O7. The molecule has 1 aliphatic heterocycles. The van der Waals surface area contributed by atoms with Gasteiger partial charge in [-0.1, -0.05) is 37.6 Å². The van der Waals surface area contributed by atoms with E-state index in [1.165, 1.54) is 18.5 Å². The molecule has 0 aromatic carbocycles. The van der Waals surface area contributed by atoms with Gasteiger partial charge in [0.25, 0.3) is 0 Å². The fourth-order valence-electron chi connectivity index (χ4n) is 6.62. The number of carbonyl (C=O) groups is 3. The molecule has 9 heteroatoms. The van der Waals surface area contributed by atoms with Gasteiger partial charge in [-0.25, -0.2) is 14.4 Å². The highest BCUT2D eigenvalue weighted by Gasteiger charge is 2.69. The zero-order chi connectivity index (χ0) is 29.4. The lowest BCUT2D eigenvalue weighted by atomic mass is 9.44. The molecule has 1 saturated carbocycles. The average Bonchev–Trinajstić information content (AvgIpc) is 3.39. The van der Waals surface area contributed by atoms with Crippen molar-refractivity contribution in [3.05, 3.63) is 95.6 Å². The Bertz CT molecular complexity index is 1430. The van der Waals surface area contributed by atoms with Gasteiger partial charge in [0.05, 0.1) is 11.1 Å². The monoisotopic (exact) mass is 558 g/mol. The molecule has 5 rings (SSSR count). The van der Waals surface area contributed by atoms with E-state index in [4.69, 9.17) is 14.2 Å². The summed E-state index contributed by atoms with van der Waals surface area (Å²) in [6.07, 6.45) is 12.2. The van der Waals surface area contributed by atoms with Gasteiger partial charge in [-0.05, 0) is 62.4 Å². The van der Waals surface area contributed by atoms with Crippen LogP contribution in [0.15, 0.2) is 84.5 Å². The van der Waals surface area contributed by atoms with Crippen LogP contribution in [0.5, 0.6) is 0 Å². The number of aliphatic hydroxyl groups is 1. The van der Waals surface area contributed by atoms with Crippen molar-refractivity contribution in [2.24, 2.45) is 16.7 Å². The number of hydrogen-bond acceptors (Lipinski definition) is 9. The molecule has 214 valence electrons. The van der Waals surface area contributed by atoms with Crippen molar-refractivity contribution < 1.29 is 33.7 Å². The van der Waals surface area contributed by atoms with Crippen LogP contribution in [-0.4, -0.2) is 57.4 Å². The summed E-state index contributed by atoms with van der Waals surface area (Å²) in [4.78, 5) is 46.7. The number of esters is 3. The van der Waals surface area contributed by atoms with Crippen LogP contribution in [0.3, 0.4) is 0 Å². The highest BCUT2D eigenvalue weighted by atomic mass is 16.6. The van der Waals surface area contributed by atoms with Crippen LogP contribution in [0.25, 0.3) is 0 Å². The maximum Gasteiger partial charge on any atom is 0.340 e. The maximum absolute atomic E-state index is 13.5. The van der Waals surface area contributed by atoms with Crippen molar-refractivity contribution in [3.63, 3.8) is 0 Å². The summed E-state index contributed by atoms with van der Waals surface area (Å²) in [7, 11) is 0. The summed E-state index contributed by atoms with van der Waals surface area (Å²) in [5.41, 5.74) is -1.44. The highest BCUT2D eigenvalue weighted by molar-refractivity contribution is 5.90. The molecular weight excluding hydrogens is 524 g/mol. The maximum atomic E-state index is 13.5. The van der Waals surface area contributed by atoms with Crippen molar-refractivity contribution in [2.45, 2.75) is 58.3 Å². The molecule has 0 saturated heterocycles. The van der Waals surface area contributed by atoms with Gasteiger partial charge in [0.15, 0.2) is 12.2 Å². The Hall–Kier alpha value is -4.11. The summed E-state index contributed by atoms with van der Waals surface area (Å²) in [5, 5.41) is 12.5. The number of cyclic esters (lactones) is 1. The van der Waals surface area contributed by atoms with Crippen LogP contribution in [0, 0.1) is 16.7 Å². The summed E-state index contributed by atoms with van der Waals surface area (Å²) in [5.74, 6) is -1.98. The van der Waals surface area contributed by atoms with Gasteiger partial charge in [0.1, 0.15) is 12.2 Å². The molecule has 6 atom stereocenters. The molecule has 1 fully saturated rings. The van der Waals surface area contributed by atoms with Gasteiger partial charge in [0.2, 0.25) is 0 Å². The van der Waals surface area contributed by atoms with E-state index in [1.54, 1.807) is 49.7 Å². The molecule has 2 aromatic heterocycles. The number of carbonyl (C=O) groups excluding carboxylic acids is 3. The van der Waals surface area contributed by atoms with Crippen LogP contribution in [0.1, 0.15) is 61.3 Å². The minimum absolute atomic E-state index is 0.138. The minimum atomic E-state index is -1.72. The third-order valence-corrected chi connectivity index (χ3v) is 9.30. The summed E-state index contributed by atoms with van der Waals surface area (Å²) in [6.45, 7) is 7.65. The predicted octanol–water partition coefficient (Wildman–Crippen LogP) is 4.40. The van der Waals surface area contributed by atoms with E-state index in [0.717, 1.165) is 12.0 Å². The van der Waals surface area contributed by atoms with Crippen LogP contribution in [0.4, 0.5) is 0 Å². The SMILES string of the molecule is CC1=CCCC2[C@@]1(C)C(OC(=O)c1cccnc1)C(OC(=O)c1cccnc1)[C@](C)(O)[C@]2(C)C=CC1=CC(=O)OC1. The second-order valence-corrected chi connectivity index (χ2v) is 11.5. The lowest BCUT2D eigenvalue weighted by Crippen LogP contribution is -2.72. The van der Waals surface area contributed by atoms with Gasteiger partial charge in [0, 0.05) is 41.7 Å². The molecule has 0 radical (unpaired) electrons. The van der Waals surface area contributed by atoms with Gasteiger partial charge < -0.3 is 19.3 Å². The Morgan fingerprint density at radius 1 is 1.02 bits per heavy atom. The normalized spacial score (nSPS) is 32.9. The first-order valence-corrected chi connectivity index (χ1v) is 13.7. The van der Waals surface area contributed by atoms with Gasteiger partial charge >= 0.3 is 17.9 Å². The van der Waals surface area contributed by atoms with Crippen molar-refractivity contribution in [3.8, 4) is 0 Å². The Kier molecular flexibility index (Phi) is 7.42. The number of ether oxygens (including phenoxy) is 3. The summed E-state index contributed by atoms with van der Waals surface area (Å²) < 4.78 is 17.4. The largest absolute Gasteiger partial charge is 0.458 e. The van der Waals surface area contributed by atoms with Crippen LogP contribution >= 0.6 is 0 Å². The minimum Gasteiger partial charge on any atom is -0.458 e. The van der Waals surface area contributed by atoms with E-state index < -0.39 is 46.5 Å². The van der Waals surface area contributed by atoms with E-state index in [-0.39, 0.29) is 23.7 Å². The average molecular weight is 559 g/mol. The Morgan fingerprint density at radius 2 is 1.63 bits per heavy atom. The van der Waals surface area contributed by atoms with Gasteiger partial charge in [-0.2, -0.15) is 0 Å². The zero-order valence-corrected chi connectivity index (χ0v) is 23.6. The third kappa shape index (κ3) is 4.88. The first-order valence-electron chi connectivity index (χ1n) is 13.7. The van der Waals surface area contributed by atoms with Crippen molar-refractivity contribution in [1.29, 1.82) is 0 Å². The fourth-order valence-corrected chi connectivity index (χ4v) is 6.62. The van der Waals surface area contributed by atoms with Crippen molar-refractivity contribution >= 4 is 17.9 Å². The number of fused-ring (bicyclic) bond motifs is 1. The predicted molar refractivity (Wildman–Crippen MR) is 148 cm³/mol. The van der Waals surface area contributed by atoms with Crippen molar-refractivity contribution in [2.75, 3.05) is 6.61 Å². The second-order valence-electron chi connectivity index (χ2n) is 11.5. The number of aromatic nitrogens is 2. The third-order valence-electron chi connectivity index (χ3n) is 9.30. The first kappa shape index (κ1) is 28.4. The molecule has 3 unspecified atom stereocenters. The molecule has 41 heavy (non-hydrogen) atoms. The number of allylic oxidation sites excluding steroid dienone is 1. The van der Waals surface area contributed by atoms with Gasteiger partial charge in [-0.15, -0.1) is 0 Å². The molecule has 3 aliphatic rings. The van der Waals surface area contributed by atoms with E-state index in [2.05, 4.69) is 16.0 Å². The lowest BCUT2D eigenvalue weighted by Gasteiger charge is -2.64. The molecule has 0 spiro atoms. The topological polar surface area (TPSA) is 125 Å². The van der Waals surface area contributed by atoms with Crippen LogP contribution in [0.2, 0.25) is 0 Å². The summed E-state index contributed by atoms with van der Waals surface area (Å²) in [6, 6.07) is 6.43. The Labute approximate surface area is 238 Å². The zero-order valence-electron chi connectivity index (χ0n) is 23.6. The Balaban J connectivity index is 1.64. The van der Waals surface area contributed by atoms with E-state index in [1.807, 2.05) is 26.8 Å². The quantitative estimate of drug-likeness (QED) is 0.312. The molecule has 1 N–H and O–H groups in total. The highest BCUT2D eigenvalue weighted by Crippen LogP contribution is 2.63. The number of pyridine rings is 2. The first-order chi connectivity index (χ1) is 19.5. The number of nitrogens with zero attached hydrogens (tertiary/aromatic N) is 2. The number of rotatable bonds is 6. The Morgan fingerprint density at radius 3 is 2.17 bits per heavy atom. The van der Waals surface area contributed by atoms with Gasteiger partial charge in [-0.3, -0.25) is 9.97 Å². The molecule has 3 heterocycles. The standard InChI is InChI=1S/C32H34N2O7/c1-20-8-5-11-24-30(2,13-12-21-16-25(35)39-19-21)32(4,38)27(41-29(37)23-10-7-15-34-18-23)26(31(20,24)3)40-28(36)22-9-6-14-33-17-22/h6-10,12-18,24,26-27,38H,5,11,19H2,1-4H3/t24?,26?,27?,30-,31+,32+/m1/s1. The number of hydrogen-bond donors (Lipinski definition) is 1. The summed E-state index contributed by atoms with van der Waals surface area (Å²) >= 11 is 0. The second kappa shape index (κ2) is 10.7. The molecule has 9 nitrogen and oxygen atoms in total. The molecule has 2 aromatic rings. The molecule has 0 bridgehead atoms. The fraction of sp³-hybridized carbons (Fsp3) is 0.406. The van der Waals surface area contributed by atoms with Crippen LogP contribution in [-0.2, 0) is 19.0 Å².